The first kappa shape index (κ1) is 17.9. The van der Waals surface area contributed by atoms with Crippen LogP contribution in [0.4, 0.5) is 0 Å². The average Bonchev–Trinajstić information content (AvgIpc) is 2.65. The van der Waals surface area contributed by atoms with Crippen LogP contribution in [0.3, 0.4) is 0 Å². The maximum absolute atomic E-state index is 4.98. The van der Waals surface area contributed by atoms with E-state index in [2.05, 4.69) is 93.6 Å². The SMILES string of the molecule is C/C=C\C(=C/C)c1cc(-c2ccccc2)nc(-c2cc(C)cc(C)c2)c1. The lowest BCUT2D eigenvalue weighted by Crippen LogP contribution is -1.93. The molecule has 1 nitrogen and oxygen atoms in total. The second kappa shape index (κ2) is 7.97. The molecule has 1 aromatic heterocycles. The van der Waals surface area contributed by atoms with E-state index in [0.717, 1.165) is 22.5 Å². The summed E-state index contributed by atoms with van der Waals surface area (Å²) < 4.78 is 0. The van der Waals surface area contributed by atoms with Crippen LogP contribution in [0.25, 0.3) is 28.1 Å². The third-order valence-electron chi connectivity index (χ3n) is 4.40. The largest absolute Gasteiger partial charge is 0.248 e. The predicted molar refractivity (Wildman–Crippen MR) is 113 cm³/mol. The van der Waals surface area contributed by atoms with Gasteiger partial charge in [0.25, 0.3) is 0 Å². The molecule has 130 valence electrons. The van der Waals surface area contributed by atoms with E-state index in [1.54, 1.807) is 0 Å². The van der Waals surface area contributed by atoms with E-state index in [0.29, 0.717) is 0 Å². The molecule has 1 heterocycles. The number of benzene rings is 2. The summed E-state index contributed by atoms with van der Waals surface area (Å²) in [6.45, 7) is 8.40. The lowest BCUT2D eigenvalue weighted by molar-refractivity contribution is 1.29. The summed E-state index contributed by atoms with van der Waals surface area (Å²) in [5.41, 5.74) is 9.22. The molecule has 0 aliphatic heterocycles. The van der Waals surface area contributed by atoms with Crippen molar-refractivity contribution in [1.29, 1.82) is 0 Å². The Kier molecular flexibility index (Phi) is 5.48. The summed E-state index contributed by atoms with van der Waals surface area (Å²) in [7, 11) is 0. The van der Waals surface area contributed by atoms with Crippen molar-refractivity contribution < 1.29 is 0 Å². The molecule has 0 N–H and O–H groups in total. The molecule has 0 spiro atoms. The fourth-order valence-electron chi connectivity index (χ4n) is 3.26. The van der Waals surface area contributed by atoms with Crippen LogP contribution >= 0.6 is 0 Å². The molecule has 0 aliphatic rings. The van der Waals surface area contributed by atoms with Gasteiger partial charge in [-0.3, -0.25) is 0 Å². The topological polar surface area (TPSA) is 12.9 Å². The highest BCUT2D eigenvalue weighted by Crippen LogP contribution is 2.29. The predicted octanol–water partition coefficient (Wildman–Crippen LogP) is 7.01. The quantitative estimate of drug-likeness (QED) is 0.466. The van der Waals surface area contributed by atoms with Crippen LogP contribution in [0.5, 0.6) is 0 Å². The molecule has 0 amide bonds. The molecule has 0 saturated heterocycles. The zero-order valence-electron chi connectivity index (χ0n) is 16.0. The fourth-order valence-corrected chi connectivity index (χ4v) is 3.26. The first-order valence-corrected chi connectivity index (χ1v) is 9.06. The van der Waals surface area contributed by atoms with Gasteiger partial charge >= 0.3 is 0 Å². The number of aryl methyl sites for hydroxylation is 2. The monoisotopic (exact) mass is 339 g/mol. The molecule has 3 rings (SSSR count). The van der Waals surface area contributed by atoms with Crippen LogP contribution in [0.15, 0.2) is 78.9 Å². The van der Waals surface area contributed by atoms with E-state index in [-0.39, 0.29) is 0 Å². The summed E-state index contributed by atoms with van der Waals surface area (Å²) in [6, 6.07) is 21.4. The van der Waals surface area contributed by atoms with E-state index in [1.165, 1.54) is 22.3 Å². The van der Waals surface area contributed by atoms with Crippen molar-refractivity contribution in [1.82, 2.24) is 4.98 Å². The van der Waals surface area contributed by atoms with Gasteiger partial charge in [0.1, 0.15) is 0 Å². The van der Waals surface area contributed by atoms with Crippen molar-refractivity contribution in [3.8, 4) is 22.5 Å². The molecule has 0 bridgehead atoms. The summed E-state index contributed by atoms with van der Waals surface area (Å²) in [6.07, 6.45) is 6.37. The molecule has 0 fully saturated rings. The first-order valence-electron chi connectivity index (χ1n) is 9.06. The normalized spacial score (nSPS) is 11.9. The van der Waals surface area contributed by atoms with E-state index < -0.39 is 0 Å². The van der Waals surface area contributed by atoms with Gasteiger partial charge in [-0.15, -0.1) is 0 Å². The standard InChI is InChI=1S/C25H25N/c1-5-10-20(6-2)22-16-24(21-11-8-7-9-12-21)26-25(17-22)23-14-18(3)13-19(4)15-23/h5-17H,1-4H3/b10-5-,20-6+. The van der Waals surface area contributed by atoms with Crippen molar-refractivity contribution in [2.75, 3.05) is 0 Å². The number of aromatic nitrogens is 1. The highest BCUT2D eigenvalue weighted by atomic mass is 14.7. The molecule has 1 heteroatoms. The second-order valence-corrected chi connectivity index (χ2v) is 6.61. The minimum absolute atomic E-state index is 1.00. The summed E-state index contributed by atoms with van der Waals surface area (Å²) in [5, 5.41) is 0. The van der Waals surface area contributed by atoms with Crippen molar-refractivity contribution in [2.45, 2.75) is 27.7 Å². The van der Waals surface area contributed by atoms with Crippen LogP contribution < -0.4 is 0 Å². The van der Waals surface area contributed by atoms with Gasteiger partial charge in [0, 0.05) is 11.1 Å². The molecular weight excluding hydrogens is 314 g/mol. The maximum atomic E-state index is 4.98. The van der Waals surface area contributed by atoms with Crippen LogP contribution in [0.1, 0.15) is 30.5 Å². The molecule has 0 saturated carbocycles. The number of nitrogens with zero attached hydrogens (tertiary/aromatic N) is 1. The van der Waals surface area contributed by atoms with E-state index >= 15 is 0 Å². The molecule has 0 aliphatic carbocycles. The molecule has 0 unspecified atom stereocenters. The van der Waals surface area contributed by atoms with Crippen LogP contribution in [-0.4, -0.2) is 4.98 Å². The maximum Gasteiger partial charge on any atom is 0.0715 e. The molecular formula is C25H25N. The average molecular weight is 339 g/mol. The third-order valence-corrected chi connectivity index (χ3v) is 4.40. The Labute approximate surface area is 156 Å². The summed E-state index contributed by atoms with van der Waals surface area (Å²) in [4.78, 5) is 4.98. The Balaban J connectivity index is 2.23. The Bertz CT molecular complexity index is 942. The zero-order valence-corrected chi connectivity index (χ0v) is 16.0. The zero-order chi connectivity index (χ0) is 18.5. The van der Waals surface area contributed by atoms with Gasteiger partial charge < -0.3 is 0 Å². The van der Waals surface area contributed by atoms with Crippen molar-refractivity contribution in [3.63, 3.8) is 0 Å². The van der Waals surface area contributed by atoms with Gasteiger partial charge in [0.2, 0.25) is 0 Å². The first-order chi connectivity index (χ1) is 12.6. The minimum atomic E-state index is 1.00. The number of rotatable bonds is 4. The van der Waals surface area contributed by atoms with Gasteiger partial charge in [-0.1, -0.05) is 65.8 Å². The lowest BCUT2D eigenvalue weighted by Gasteiger charge is -2.12. The molecule has 2 aromatic carbocycles. The fraction of sp³-hybridized carbons (Fsp3) is 0.160. The van der Waals surface area contributed by atoms with E-state index in [9.17, 15) is 0 Å². The highest BCUT2D eigenvalue weighted by molar-refractivity contribution is 5.80. The summed E-state index contributed by atoms with van der Waals surface area (Å²) in [5.74, 6) is 0. The van der Waals surface area contributed by atoms with Crippen molar-refractivity contribution in [3.05, 3.63) is 95.6 Å². The van der Waals surface area contributed by atoms with Crippen LogP contribution in [-0.2, 0) is 0 Å². The highest BCUT2D eigenvalue weighted by Gasteiger charge is 2.09. The molecule has 0 atom stereocenters. The van der Waals surface area contributed by atoms with Gasteiger partial charge in [0.05, 0.1) is 11.4 Å². The van der Waals surface area contributed by atoms with Crippen molar-refractivity contribution >= 4 is 5.57 Å². The van der Waals surface area contributed by atoms with Crippen LogP contribution in [0.2, 0.25) is 0 Å². The summed E-state index contributed by atoms with van der Waals surface area (Å²) >= 11 is 0. The van der Waals surface area contributed by atoms with Crippen LogP contribution in [0, 0.1) is 13.8 Å². The Morgan fingerprint density at radius 3 is 1.96 bits per heavy atom. The molecule has 26 heavy (non-hydrogen) atoms. The lowest BCUT2D eigenvalue weighted by atomic mass is 9.98. The van der Waals surface area contributed by atoms with E-state index in [1.807, 2.05) is 13.0 Å². The molecule has 0 radical (unpaired) electrons. The Morgan fingerprint density at radius 1 is 0.769 bits per heavy atom. The van der Waals surface area contributed by atoms with Gasteiger partial charge in [-0.05, 0) is 63.1 Å². The number of hydrogen-bond acceptors (Lipinski definition) is 1. The number of pyridine rings is 1. The smallest absolute Gasteiger partial charge is 0.0715 e. The second-order valence-electron chi connectivity index (χ2n) is 6.61. The third kappa shape index (κ3) is 4.00. The van der Waals surface area contributed by atoms with Gasteiger partial charge in [-0.2, -0.15) is 0 Å². The number of hydrogen-bond donors (Lipinski definition) is 0. The van der Waals surface area contributed by atoms with E-state index in [4.69, 9.17) is 4.98 Å². The van der Waals surface area contributed by atoms with Gasteiger partial charge in [-0.25, -0.2) is 4.98 Å². The molecule has 3 aromatic rings. The minimum Gasteiger partial charge on any atom is -0.248 e. The number of allylic oxidation sites excluding steroid dienone is 4. The van der Waals surface area contributed by atoms with Gasteiger partial charge in [0.15, 0.2) is 0 Å². The Morgan fingerprint density at radius 2 is 1.38 bits per heavy atom. The van der Waals surface area contributed by atoms with Crippen molar-refractivity contribution in [2.24, 2.45) is 0 Å². The Hall–Kier alpha value is -2.93.